The SMILES string of the molecule is CCCCOc1ccc(C(=O)N(CCO)C2CC2)cc1. The van der Waals surface area contributed by atoms with Crippen molar-refractivity contribution >= 4 is 5.91 Å². The van der Waals surface area contributed by atoms with Crippen molar-refractivity contribution in [3.05, 3.63) is 29.8 Å². The molecule has 1 fully saturated rings. The summed E-state index contributed by atoms with van der Waals surface area (Å²) >= 11 is 0. The van der Waals surface area contributed by atoms with Gasteiger partial charge >= 0.3 is 0 Å². The van der Waals surface area contributed by atoms with Crippen molar-refractivity contribution in [1.29, 1.82) is 0 Å². The predicted octanol–water partition coefficient (Wildman–Crippen LogP) is 2.46. The van der Waals surface area contributed by atoms with Crippen molar-refractivity contribution in [2.75, 3.05) is 19.8 Å². The first kappa shape index (κ1) is 14.9. The average molecular weight is 277 g/mol. The van der Waals surface area contributed by atoms with Crippen molar-refractivity contribution in [3.63, 3.8) is 0 Å². The van der Waals surface area contributed by atoms with Gasteiger partial charge in [-0.3, -0.25) is 4.79 Å². The minimum Gasteiger partial charge on any atom is -0.494 e. The molecule has 0 saturated heterocycles. The number of ether oxygens (including phenoxy) is 1. The highest BCUT2D eigenvalue weighted by atomic mass is 16.5. The Morgan fingerprint density at radius 1 is 1.35 bits per heavy atom. The molecule has 0 heterocycles. The lowest BCUT2D eigenvalue weighted by molar-refractivity contribution is 0.0707. The zero-order valence-corrected chi connectivity index (χ0v) is 12.0. The van der Waals surface area contributed by atoms with Gasteiger partial charge in [-0.25, -0.2) is 0 Å². The number of carbonyl (C=O) groups is 1. The molecule has 0 unspecified atom stereocenters. The molecule has 4 nitrogen and oxygen atoms in total. The fourth-order valence-electron chi connectivity index (χ4n) is 2.14. The van der Waals surface area contributed by atoms with E-state index in [0.29, 0.717) is 24.8 Å². The Kier molecular flexibility index (Phi) is 5.41. The average Bonchev–Trinajstić information content (AvgIpc) is 3.30. The standard InChI is InChI=1S/C16H23NO3/c1-2-3-12-20-15-8-4-13(5-9-15)16(19)17(10-11-18)14-6-7-14/h4-5,8-9,14,18H,2-3,6-7,10-12H2,1H3. The molecule has 0 aliphatic heterocycles. The molecule has 1 aliphatic rings. The first-order chi connectivity index (χ1) is 9.76. The molecule has 110 valence electrons. The van der Waals surface area contributed by atoms with Gasteiger partial charge in [0, 0.05) is 18.2 Å². The number of benzene rings is 1. The molecule has 1 saturated carbocycles. The van der Waals surface area contributed by atoms with Crippen LogP contribution in [-0.4, -0.2) is 41.7 Å². The van der Waals surface area contributed by atoms with E-state index in [1.54, 1.807) is 17.0 Å². The summed E-state index contributed by atoms with van der Waals surface area (Å²) in [5.41, 5.74) is 0.660. The Labute approximate surface area is 120 Å². The molecule has 0 bridgehead atoms. The Morgan fingerprint density at radius 3 is 2.60 bits per heavy atom. The molecular formula is C16H23NO3. The van der Waals surface area contributed by atoms with Crippen LogP contribution in [0.5, 0.6) is 5.75 Å². The van der Waals surface area contributed by atoms with E-state index in [1.807, 2.05) is 12.1 Å². The normalized spacial score (nSPS) is 14.1. The van der Waals surface area contributed by atoms with E-state index in [-0.39, 0.29) is 12.5 Å². The van der Waals surface area contributed by atoms with Crippen LogP contribution in [0.15, 0.2) is 24.3 Å². The Balaban J connectivity index is 1.95. The molecule has 1 aromatic rings. The van der Waals surface area contributed by atoms with E-state index in [2.05, 4.69) is 6.92 Å². The Morgan fingerprint density at radius 2 is 2.05 bits per heavy atom. The van der Waals surface area contributed by atoms with E-state index >= 15 is 0 Å². The number of hydrogen-bond acceptors (Lipinski definition) is 3. The predicted molar refractivity (Wildman–Crippen MR) is 78.0 cm³/mol. The van der Waals surface area contributed by atoms with Gasteiger partial charge in [-0.05, 0) is 43.5 Å². The van der Waals surface area contributed by atoms with E-state index in [0.717, 1.165) is 31.4 Å². The number of unbranched alkanes of at least 4 members (excludes halogenated alkanes) is 1. The van der Waals surface area contributed by atoms with Gasteiger partial charge in [0.15, 0.2) is 0 Å². The number of hydrogen-bond donors (Lipinski definition) is 1. The summed E-state index contributed by atoms with van der Waals surface area (Å²) < 4.78 is 5.58. The van der Waals surface area contributed by atoms with E-state index in [4.69, 9.17) is 9.84 Å². The van der Waals surface area contributed by atoms with Crippen LogP contribution in [0.25, 0.3) is 0 Å². The number of rotatable bonds is 8. The molecule has 1 amide bonds. The van der Waals surface area contributed by atoms with Crippen LogP contribution in [0.4, 0.5) is 0 Å². The van der Waals surface area contributed by atoms with Gasteiger partial charge in [0.05, 0.1) is 13.2 Å². The molecule has 4 heteroatoms. The second-order valence-corrected chi connectivity index (χ2v) is 5.18. The summed E-state index contributed by atoms with van der Waals surface area (Å²) in [6.45, 7) is 3.26. The van der Waals surface area contributed by atoms with Crippen molar-refractivity contribution < 1.29 is 14.6 Å². The maximum absolute atomic E-state index is 12.4. The first-order valence-electron chi connectivity index (χ1n) is 7.41. The van der Waals surface area contributed by atoms with Crippen LogP contribution in [-0.2, 0) is 0 Å². The number of aliphatic hydroxyl groups is 1. The van der Waals surface area contributed by atoms with Crippen LogP contribution in [0, 0.1) is 0 Å². The largest absolute Gasteiger partial charge is 0.494 e. The maximum atomic E-state index is 12.4. The topological polar surface area (TPSA) is 49.8 Å². The van der Waals surface area contributed by atoms with Gasteiger partial charge in [0.2, 0.25) is 0 Å². The van der Waals surface area contributed by atoms with Crippen LogP contribution < -0.4 is 4.74 Å². The first-order valence-corrected chi connectivity index (χ1v) is 7.41. The van der Waals surface area contributed by atoms with Crippen molar-refractivity contribution in [1.82, 2.24) is 4.90 Å². The number of nitrogens with zero attached hydrogens (tertiary/aromatic N) is 1. The highest BCUT2D eigenvalue weighted by Crippen LogP contribution is 2.28. The van der Waals surface area contributed by atoms with Crippen molar-refractivity contribution in [2.24, 2.45) is 0 Å². The van der Waals surface area contributed by atoms with Crippen LogP contribution in [0.1, 0.15) is 43.0 Å². The summed E-state index contributed by atoms with van der Waals surface area (Å²) in [6.07, 6.45) is 4.23. The summed E-state index contributed by atoms with van der Waals surface area (Å²) in [4.78, 5) is 14.1. The van der Waals surface area contributed by atoms with Gasteiger partial charge in [-0.1, -0.05) is 13.3 Å². The highest BCUT2D eigenvalue weighted by molar-refractivity contribution is 5.94. The van der Waals surface area contributed by atoms with Crippen LogP contribution in [0.3, 0.4) is 0 Å². The fourth-order valence-corrected chi connectivity index (χ4v) is 2.14. The summed E-state index contributed by atoms with van der Waals surface area (Å²) in [5.74, 6) is 0.803. The second kappa shape index (κ2) is 7.29. The van der Waals surface area contributed by atoms with E-state index in [1.165, 1.54) is 0 Å². The number of carbonyl (C=O) groups excluding carboxylic acids is 1. The molecule has 0 radical (unpaired) electrons. The van der Waals surface area contributed by atoms with Gasteiger partial charge < -0.3 is 14.7 Å². The minimum atomic E-state index is 0.00154. The third-order valence-corrected chi connectivity index (χ3v) is 3.46. The van der Waals surface area contributed by atoms with Crippen LogP contribution in [0.2, 0.25) is 0 Å². The molecule has 20 heavy (non-hydrogen) atoms. The van der Waals surface area contributed by atoms with Gasteiger partial charge in [0.25, 0.3) is 5.91 Å². The summed E-state index contributed by atoms with van der Waals surface area (Å²) in [7, 11) is 0. The van der Waals surface area contributed by atoms with Gasteiger partial charge in [-0.2, -0.15) is 0 Å². The number of amides is 1. The van der Waals surface area contributed by atoms with Gasteiger partial charge in [0.1, 0.15) is 5.75 Å². The smallest absolute Gasteiger partial charge is 0.254 e. The van der Waals surface area contributed by atoms with Gasteiger partial charge in [-0.15, -0.1) is 0 Å². The van der Waals surface area contributed by atoms with Crippen LogP contribution >= 0.6 is 0 Å². The molecular weight excluding hydrogens is 254 g/mol. The Hall–Kier alpha value is -1.55. The molecule has 0 aromatic heterocycles. The molecule has 2 rings (SSSR count). The monoisotopic (exact) mass is 277 g/mol. The quantitative estimate of drug-likeness (QED) is 0.743. The molecule has 0 spiro atoms. The maximum Gasteiger partial charge on any atom is 0.254 e. The lowest BCUT2D eigenvalue weighted by atomic mass is 10.2. The zero-order valence-electron chi connectivity index (χ0n) is 12.0. The fraction of sp³-hybridized carbons (Fsp3) is 0.562. The van der Waals surface area contributed by atoms with Crippen molar-refractivity contribution in [3.8, 4) is 5.75 Å². The lowest BCUT2D eigenvalue weighted by Gasteiger charge is -2.21. The summed E-state index contributed by atoms with van der Waals surface area (Å²) in [6, 6.07) is 7.60. The third-order valence-electron chi connectivity index (χ3n) is 3.46. The lowest BCUT2D eigenvalue weighted by Crippen LogP contribution is -2.35. The molecule has 0 atom stereocenters. The van der Waals surface area contributed by atoms with E-state index in [9.17, 15) is 4.79 Å². The van der Waals surface area contributed by atoms with E-state index < -0.39 is 0 Å². The molecule has 1 N–H and O–H groups in total. The Bertz CT molecular complexity index is 426. The van der Waals surface area contributed by atoms with Crippen molar-refractivity contribution in [2.45, 2.75) is 38.6 Å². The zero-order chi connectivity index (χ0) is 14.4. The molecule has 1 aromatic carbocycles. The molecule has 1 aliphatic carbocycles. The minimum absolute atomic E-state index is 0.00154. The second-order valence-electron chi connectivity index (χ2n) is 5.18. The third kappa shape index (κ3) is 3.97. The summed E-state index contributed by atoms with van der Waals surface area (Å²) in [5, 5.41) is 9.06. The highest BCUT2D eigenvalue weighted by Gasteiger charge is 2.32. The number of aliphatic hydroxyl groups excluding tert-OH is 1.